The predicted molar refractivity (Wildman–Crippen MR) is 138 cm³/mol. The smallest absolute Gasteiger partial charge is 0.271 e. The van der Waals surface area contributed by atoms with Gasteiger partial charge >= 0.3 is 0 Å². The Morgan fingerprint density at radius 2 is 1.76 bits per heavy atom. The number of fused-ring (bicyclic) bond motifs is 1. The second-order valence-electron chi connectivity index (χ2n) is 9.15. The van der Waals surface area contributed by atoms with E-state index in [1.807, 2.05) is 59.2 Å². The van der Waals surface area contributed by atoms with Crippen LogP contribution in [0.3, 0.4) is 0 Å². The number of aromatic nitrogens is 1. The number of amides is 2. The molecule has 0 saturated heterocycles. The van der Waals surface area contributed by atoms with E-state index >= 15 is 0 Å². The lowest BCUT2D eigenvalue weighted by atomic mass is 9.93. The van der Waals surface area contributed by atoms with Crippen molar-refractivity contribution in [2.24, 2.45) is 0 Å². The lowest BCUT2D eigenvalue weighted by Gasteiger charge is -2.44. The summed E-state index contributed by atoms with van der Waals surface area (Å²) in [5.74, 6) is 1.21. The summed E-state index contributed by atoms with van der Waals surface area (Å²) in [7, 11) is 3.13. The number of nitrogens with one attached hydrogen (secondary N) is 1. The molecule has 1 aliphatic heterocycles. The summed E-state index contributed by atoms with van der Waals surface area (Å²) in [6.45, 7) is 2.57. The van der Waals surface area contributed by atoms with Crippen molar-refractivity contribution in [2.75, 3.05) is 14.2 Å². The lowest BCUT2D eigenvalue weighted by Crippen LogP contribution is -2.63. The number of para-hydroxylation sites is 1. The average Bonchev–Trinajstić information content (AvgIpc) is 3.60. The number of furan rings is 1. The molecule has 190 valence electrons. The normalized spacial score (nSPS) is 16.8. The number of benzene rings is 2. The van der Waals surface area contributed by atoms with E-state index in [0.717, 1.165) is 16.8 Å². The molecule has 3 heterocycles. The first-order chi connectivity index (χ1) is 18.0. The Bertz CT molecular complexity index is 1410. The summed E-state index contributed by atoms with van der Waals surface area (Å²) in [6.07, 6.45) is 1.59. The van der Waals surface area contributed by atoms with Crippen LogP contribution in [0, 0.1) is 0 Å². The van der Waals surface area contributed by atoms with Gasteiger partial charge in [-0.3, -0.25) is 9.59 Å². The van der Waals surface area contributed by atoms with Crippen molar-refractivity contribution >= 4 is 11.8 Å². The van der Waals surface area contributed by atoms with E-state index in [1.165, 1.54) is 0 Å². The van der Waals surface area contributed by atoms with E-state index in [-0.39, 0.29) is 24.9 Å². The first-order valence-corrected chi connectivity index (χ1v) is 12.0. The molecule has 0 spiro atoms. The molecule has 0 bridgehead atoms. The van der Waals surface area contributed by atoms with Gasteiger partial charge in [-0.2, -0.15) is 0 Å². The van der Waals surface area contributed by atoms with Gasteiger partial charge in [0.2, 0.25) is 5.91 Å². The molecule has 1 aliphatic rings. The van der Waals surface area contributed by atoms with E-state index in [4.69, 9.17) is 13.9 Å². The van der Waals surface area contributed by atoms with Crippen LogP contribution in [0.5, 0.6) is 11.5 Å². The number of ether oxygens (including phenoxy) is 2. The van der Waals surface area contributed by atoms with Crippen molar-refractivity contribution < 1.29 is 23.5 Å². The second kappa shape index (κ2) is 9.89. The highest BCUT2D eigenvalue weighted by atomic mass is 16.5. The van der Waals surface area contributed by atoms with Crippen LogP contribution in [0.15, 0.2) is 83.5 Å². The third-order valence-corrected chi connectivity index (χ3v) is 6.88. The van der Waals surface area contributed by atoms with Gasteiger partial charge in [-0.25, -0.2) is 0 Å². The Hall–Kier alpha value is -4.46. The highest BCUT2D eigenvalue weighted by Crippen LogP contribution is 2.37. The van der Waals surface area contributed by atoms with Crippen LogP contribution in [0.25, 0.3) is 11.5 Å². The van der Waals surface area contributed by atoms with Gasteiger partial charge in [0.1, 0.15) is 17.0 Å². The first kappa shape index (κ1) is 24.2. The number of rotatable bonds is 8. The van der Waals surface area contributed by atoms with Crippen LogP contribution in [-0.4, -0.2) is 41.0 Å². The van der Waals surface area contributed by atoms with E-state index in [1.54, 1.807) is 50.5 Å². The predicted octanol–water partition coefficient (Wildman–Crippen LogP) is 4.50. The fourth-order valence-electron chi connectivity index (χ4n) is 4.88. The number of carbonyl (C=O) groups excluding carboxylic acids is 2. The minimum atomic E-state index is -1.20. The van der Waals surface area contributed by atoms with Crippen LogP contribution in [0.4, 0.5) is 0 Å². The molecule has 1 N–H and O–H groups in total. The zero-order chi connectivity index (χ0) is 26.0. The van der Waals surface area contributed by atoms with Crippen LogP contribution >= 0.6 is 0 Å². The maximum absolute atomic E-state index is 14.0. The Labute approximate surface area is 215 Å². The molecule has 2 aromatic heterocycles. The minimum Gasteiger partial charge on any atom is -0.493 e. The number of hydrogen-bond acceptors (Lipinski definition) is 5. The standard InChI is InChI=1S/C29H29N3O5/c1-29(28(34)30-17-20-9-5-4-6-10-20)19-31-22(24-13-8-16-37-24)14-15-23(31)27(33)32(29)18-21-11-7-12-25(35-2)26(21)36-3/h4-16H,17-19H2,1-3H3,(H,30,34)/t29-/m1/s1. The third-order valence-electron chi connectivity index (χ3n) is 6.88. The fourth-order valence-corrected chi connectivity index (χ4v) is 4.88. The number of hydrogen-bond donors (Lipinski definition) is 1. The van der Waals surface area contributed by atoms with Crippen molar-refractivity contribution in [3.8, 4) is 23.0 Å². The molecule has 0 radical (unpaired) electrons. The van der Waals surface area contributed by atoms with Crippen molar-refractivity contribution in [2.45, 2.75) is 32.1 Å². The summed E-state index contributed by atoms with van der Waals surface area (Å²) in [5.41, 5.74) is 1.74. The van der Waals surface area contributed by atoms with E-state index < -0.39 is 5.54 Å². The highest BCUT2D eigenvalue weighted by Gasteiger charge is 2.48. The molecule has 0 aliphatic carbocycles. The quantitative estimate of drug-likeness (QED) is 0.386. The Morgan fingerprint density at radius 3 is 2.46 bits per heavy atom. The van der Waals surface area contributed by atoms with Crippen molar-refractivity contribution in [3.05, 3.63) is 95.9 Å². The summed E-state index contributed by atoms with van der Waals surface area (Å²) >= 11 is 0. The Balaban J connectivity index is 1.55. The van der Waals surface area contributed by atoms with Gasteiger partial charge in [0.05, 0.1) is 39.3 Å². The highest BCUT2D eigenvalue weighted by molar-refractivity contribution is 6.00. The maximum atomic E-state index is 14.0. The zero-order valence-corrected chi connectivity index (χ0v) is 21.1. The topological polar surface area (TPSA) is 85.9 Å². The molecular formula is C29H29N3O5. The van der Waals surface area contributed by atoms with Gasteiger partial charge in [0, 0.05) is 12.1 Å². The fraction of sp³-hybridized carbons (Fsp3) is 0.241. The van der Waals surface area contributed by atoms with Crippen LogP contribution in [-0.2, 0) is 24.4 Å². The SMILES string of the molecule is COc1cccc(CN2C(=O)c3ccc(-c4ccco4)n3C[C@]2(C)C(=O)NCc2ccccc2)c1OC. The van der Waals surface area contributed by atoms with Crippen molar-refractivity contribution in [1.82, 2.24) is 14.8 Å². The molecule has 8 heteroatoms. The summed E-state index contributed by atoms with van der Waals surface area (Å²) < 4.78 is 18.6. The molecule has 2 aromatic carbocycles. The summed E-state index contributed by atoms with van der Waals surface area (Å²) in [6, 6.07) is 22.5. The maximum Gasteiger partial charge on any atom is 0.271 e. The monoisotopic (exact) mass is 499 g/mol. The molecule has 37 heavy (non-hydrogen) atoms. The van der Waals surface area contributed by atoms with Crippen LogP contribution < -0.4 is 14.8 Å². The lowest BCUT2D eigenvalue weighted by molar-refractivity contribution is -0.133. The third kappa shape index (κ3) is 4.35. The molecular weight excluding hydrogens is 470 g/mol. The average molecular weight is 500 g/mol. The van der Waals surface area contributed by atoms with Crippen molar-refractivity contribution in [1.29, 1.82) is 0 Å². The van der Waals surface area contributed by atoms with E-state index in [0.29, 0.717) is 29.5 Å². The van der Waals surface area contributed by atoms with Gasteiger partial charge in [-0.15, -0.1) is 0 Å². The largest absolute Gasteiger partial charge is 0.493 e. The number of carbonyl (C=O) groups is 2. The number of nitrogens with zero attached hydrogens (tertiary/aromatic N) is 2. The summed E-state index contributed by atoms with van der Waals surface area (Å²) in [5, 5.41) is 3.05. The van der Waals surface area contributed by atoms with Crippen LogP contribution in [0.1, 0.15) is 28.5 Å². The Morgan fingerprint density at radius 1 is 0.973 bits per heavy atom. The zero-order valence-electron chi connectivity index (χ0n) is 21.1. The van der Waals surface area contributed by atoms with Gasteiger partial charge < -0.3 is 28.7 Å². The molecule has 2 amide bonds. The number of methoxy groups -OCH3 is 2. The molecule has 1 atom stereocenters. The van der Waals surface area contributed by atoms with Crippen molar-refractivity contribution in [3.63, 3.8) is 0 Å². The summed E-state index contributed by atoms with van der Waals surface area (Å²) in [4.78, 5) is 29.4. The van der Waals surface area contributed by atoms with Crippen LogP contribution in [0.2, 0.25) is 0 Å². The molecule has 0 saturated carbocycles. The Kier molecular flexibility index (Phi) is 6.48. The van der Waals surface area contributed by atoms with Gasteiger partial charge in [0.25, 0.3) is 5.91 Å². The molecule has 8 nitrogen and oxygen atoms in total. The molecule has 0 fully saturated rings. The minimum absolute atomic E-state index is 0.162. The van der Waals surface area contributed by atoms with E-state index in [2.05, 4.69) is 5.32 Å². The molecule has 4 aromatic rings. The van der Waals surface area contributed by atoms with Gasteiger partial charge in [-0.1, -0.05) is 42.5 Å². The first-order valence-electron chi connectivity index (χ1n) is 12.0. The molecule has 0 unspecified atom stereocenters. The van der Waals surface area contributed by atoms with Gasteiger partial charge in [-0.05, 0) is 42.8 Å². The second-order valence-corrected chi connectivity index (χ2v) is 9.15. The molecule has 5 rings (SSSR count). The van der Waals surface area contributed by atoms with Gasteiger partial charge in [0.15, 0.2) is 11.5 Å². The van der Waals surface area contributed by atoms with E-state index in [9.17, 15) is 9.59 Å².